The van der Waals surface area contributed by atoms with E-state index < -0.39 is 0 Å². The first-order valence-electron chi connectivity index (χ1n) is 10.0. The van der Waals surface area contributed by atoms with Crippen LogP contribution in [-0.4, -0.2) is 53.5 Å². The Balaban J connectivity index is 1.26. The number of nitrogens with one attached hydrogen (secondary N) is 1. The summed E-state index contributed by atoms with van der Waals surface area (Å²) in [5, 5.41) is 11.9. The molecule has 1 aromatic carbocycles. The van der Waals surface area contributed by atoms with Gasteiger partial charge in [0.25, 0.3) is 0 Å². The van der Waals surface area contributed by atoms with Gasteiger partial charge in [0.15, 0.2) is 0 Å². The van der Waals surface area contributed by atoms with Crippen LogP contribution in [0.1, 0.15) is 43.2 Å². The first-order valence-corrected chi connectivity index (χ1v) is 10.0. The van der Waals surface area contributed by atoms with E-state index in [1.165, 1.54) is 6.07 Å². The number of halogens is 1. The summed E-state index contributed by atoms with van der Waals surface area (Å²) in [4.78, 5) is 28.1. The zero-order valence-corrected chi connectivity index (χ0v) is 15.9. The number of rotatable bonds is 2. The molecule has 0 atom stereocenters. The van der Waals surface area contributed by atoms with Crippen LogP contribution in [0, 0.1) is 23.1 Å². The molecule has 28 heavy (non-hydrogen) atoms. The van der Waals surface area contributed by atoms with Crippen LogP contribution < -0.4 is 5.32 Å². The highest BCUT2D eigenvalue weighted by molar-refractivity contribution is 5.80. The second-order valence-corrected chi connectivity index (χ2v) is 8.37. The second kappa shape index (κ2) is 7.42. The van der Waals surface area contributed by atoms with Crippen molar-refractivity contribution in [1.82, 2.24) is 15.1 Å². The molecule has 3 saturated heterocycles. The van der Waals surface area contributed by atoms with Crippen molar-refractivity contribution in [3.63, 3.8) is 0 Å². The number of nitriles is 1. The van der Waals surface area contributed by atoms with Crippen molar-refractivity contribution < 1.29 is 14.0 Å². The van der Waals surface area contributed by atoms with Crippen LogP contribution in [0.15, 0.2) is 18.2 Å². The molecular weight excluding hydrogens is 359 g/mol. The van der Waals surface area contributed by atoms with Gasteiger partial charge in [0, 0.05) is 32.6 Å². The van der Waals surface area contributed by atoms with Gasteiger partial charge < -0.3 is 15.1 Å². The maximum absolute atomic E-state index is 14.1. The normalized spacial score (nSPS) is 21.8. The quantitative estimate of drug-likeness (QED) is 0.851. The van der Waals surface area contributed by atoms with Crippen molar-refractivity contribution in [3.8, 4) is 6.07 Å². The molecular formula is C21H25FN4O2. The lowest BCUT2D eigenvalue weighted by atomic mass is 9.81. The lowest BCUT2D eigenvalue weighted by Gasteiger charge is -2.53. The first kappa shape index (κ1) is 18.7. The van der Waals surface area contributed by atoms with E-state index in [0.29, 0.717) is 56.1 Å². The Morgan fingerprint density at radius 2 is 2.04 bits per heavy atom. The SMILES string of the molecule is N#Cc1ccc(CC2CCN(C(=O)N3CC4(CCCC(=O)N4)C3)CC2)c(F)c1. The highest BCUT2D eigenvalue weighted by Gasteiger charge is 2.48. The summed E-state index contributed by atoms with van der Waals surface area (Å²) < 4.78 is 14.1. The number of carbonyl (C=O) groups excluding carboxylic acids is 2. The van der Waals surface area contributed by atoms with Crippen molar-refractivity contribution in [2.24, 2.45) is 5.92 Å². The molecule has 0 aliphatic carbocycles. The highest BCUT2D eigenvalue weighted by Crippen LogP contribution is 2.32. The molecule has 3 aliphatic rings. The van der Waals surface area contributed by atoms with Crippen molar-refractivity contribution in [3.05, 3.63) is 35.1 Å². The van der Waals surface area contributed by atoms with Gasteiger partial charge in [-0.05, 0) is 55.7 Å². The van der Waals surface area contributed by atoms with Gasteiger partial charge in [0.2, 0.25) is 5.91 Å². The third-order valence-corrected chi connectivity index (χ3v) is 6.30. The fraction of sp³-hybridized carbons (Fsp3) is 0.571. The number of hydrogen-bond donors (Lipinski definition) is 1. The summed E-state index contributed by atoms with van der Waals surface area (Å²) in [7, 11) is 0. The highest BCUT2D eigenvalue weighted by atomic mass is 19.1. The Labute approximate surface area is 164 Å². The van der Waals surface area contributed by atoms with Gasteiger partial charge in [-0.1, -0.05) is 6.07 Å². The molecule has 7 heteroatoms. The van der Waals surface area contributed by atoms with Crippen LogP contribution in [0.2, 0.25) is 0 Å². The van der Waals surface area contributed by atoms with Gasteiger partial charge in [0.1, 0.15) is 5.82 Å². The summed E-state index contributed by atoms with van der Waals surface area (Å²) in [6, 6.07) is 6.64. The molecule has 3 heterocycles. The molecule has 0 saturated carbocycles. The maximum atomic E-state index is 14.1. The Morgan fingerprint density at radius 3 is 2.68 bits per heavy atom. The Hall–Kier alpha value is -2.62. The summed E-state index contributed by atoms with van der Waals surface area (Å²) in [5.74, 6) is 0.110. The van der Waals surface area contributed by atoms with Crippen molar-refractivity contribution >= 4 is 11.9 Å². The smallest absolute Gasteiger partial charge is 0.320 e. The molecule has 3 aliphatic heterocycles. The van der Waals surface area contributed by atoms with Gasteiger partial charge in [-0.3, -0.25) is 4.79 Å². The van der Waals surface area contributed by atoms with Gasteiger partial charge in [0.05, 0.1) is 17.2 Å². The number of carbonyl (C=O) groups is 2. The van der Waals surface area contributed by atoms with E-state index in [1.807, 2.05) is 15.9 Å². The minimum Gasteiger partial charge on any atom is -0.347 e. The topological polar surface area (TPSA) is 76.4 Å². The summed E-state index contributed by atoms with van der Waals surface area (Å²) in [6.45, 7) is 2.57. The van der Waals surface area contributed by atoms with Gasteiger partial charge in [-0.15, -0.1) is 0 Å². The zero-order valence-electron chi connectivity index (χ0n) is 15.9. The average molecular weight is 384 g/mol. The number of amides is 3. The van der Waals surface area contributed by atoms with E-state index in [-0.39, 0.29) is 23.3 Å². The van der Waals surface area contributed by atoms with Crippen LogP contribution in [-0.2, 0) is 11.2 Å². The number of nitrogens with zero attached hydrogens (tertiary/aromatic N) is 3. The molecule has 148 valence electrons. The number of benzene rings is 1. The molecule has 0 bridgehead atoms. The minimum absolute atomic E-state index is 0.0495. The van der Waals surface area contributed by atoms with Crippen molar-refractivity contribution in [2.75, 3.05) is 26.2 Å². The fourth-order valence-corrected chi connectivity index (χ4v) is 4.69. The van der Waals surface area contributed by atoms with E-state index in [0.717, 1.165) is 25.7 Å². The van der Waals surface area contributed by atoms with E-state index in [9.17, 15) is 14.0 Å². The molecule has 3 fully saturated rings. The lowest BCUT2D eigenvalue weighted by Crippen LogP contribution is -2.73. The fourth-order valence-electron chi connectivity index (χ4n) is 4.69. The van der Waals surface area contributed by atoms with Crippen LogP contribution in [0.3, 0.4) is 0 Å². The first-order chi connectivity index (χ1) is 13.5. The summed E-state index contributed by atoms with van der Waals surface area (Å²) in [6.07, 6.45) is 4.76. The molecule has 4 rings (SSSR count). The van der Waals surface area contributed by atoms with E-state index in [2.05, 4.69) is 5.32 Å². The van der Waals surface area contributed by atoms with E-state index in [4.69, 9.17) is 5.26 Å². The van der Waals surface area contributed by atoms with E-state index >= 15 is 0 Å². The molecule has 1 aromatic rings. The van der Waals surface area contributed by atoms with Crippen molar-refractivity contribution in [1.29, 1.82) is 5.26 Å². The molecule has 6 nitrogen and oxygen atoms in total. The maximum Gasteiger partial charge on any atom is 0.320 e. The van der Waals surface area contributed by atoms with Crippen LogP contribution >= 0.6 is 0 Å². The molecule has 1 spiro atoms. The summed E-state index contributed by atoms with van der Waals surface area (Å²) >= 11 is 0. The number of urea groups is 1. The predicted molar refractivity (Wildman–Crippen MR) is 101 cm³/mol. The summed E-state index contributed by atoms with van der Waals surface area (Å²) in [5.41, 5.74) is 0.779. The third kappa shape index (κ3) is 3.68. The van der Waals surface area contributed by atoms with Gasteiger partial charge in [-0.2, -0.15) is 5.26 Å². The minimum atomic E-state index is -0.321. The monoisotopic (exact) mass is 384 g/mol. The largest absolute Gasteiger partial charge is 0.347 e. The average Bonchev–Trinajstić information content (AvgIpc) is 2.67. The van der Waals surface area contributed by atoms with Crippen LogP contribution in [0.5, 0.6) is 0 Å². The Morgan fingerprint density at radius 1 is 1.29 bits per heavy atom. The lowest BCUT2D eigenvalue weighted by molar-refractivity contribution is -0.128. The molecule has 0 unspecified atom stereocenters. The second-order valence-electron chi connectivity index (χ2n) is 8.37. The Bertz CT molecular complexity index is 820. The van der Waals surface area contributed by atoms with Crippen molar-refractivity contribution in [2.45, 2.75) is 44.1 Å². The number of likely N-dealkylation sites (tertiary alicyclic amines) is 2. The predicted octanol–water partition coefficient (Wildman–Crippen LogP) is 2.43. The van der Waals surface area contributed by atoms with E-state index in [1.54, 1.807) is 12.1 Å². The molecule has 3 amide bonds. The van der Waals surface area contributed by atoms with Gasteiger partial charge in [-0.25, -0.2) is 9.18 Å². The molecule has 0 aromatic heterocycles. The zero-order chi connectivity index (χ0) is 19.7. The third-order valence-electron chi connectivity index (χ3n) is 6.30. The van der Waals surface area contributed by atoms with Gasteiger partial charge >= 0.3 is 6.03 Å². The van der Waals surface area contributed by atoms with Crippen LogP contribution in [0.25, 0.3) is 0 Å². The standard InChI is InChI=1S/C21H25FN4O2/c22-18-11-16(12-23)3-4-17(18)10-15-5-8-25(9-6-15)20(28)26-13-21(14-26)7-1-2-19(27)24-21/h3-4,11,15H,1-2,5-10,13-14H2,(H,24,27). The number of hydrogen-bond acceptors (Lipinski definition) is 3. The molecule has 1 N–H and O–H groups in total. The number of piperidine rings is 2. The van der Waals surface area contributed by atoms with Crippen LogP contribution in [0.4, 0.5) is 9.18 Å². The Kier molecular flexibility index (Phi) is 4.96. The molecule has 0 radical (unpaired) electrons.